The number of hydrogen-bond donors (Lipinski definition) is 1. The molecule has 0 aromatic heterocycles. The van der Waals surface area contributed by atoms with Crippen molar-refractivity contribution < 1.29 is 22.7 Å². The molecule has 3 aromatic rings. The summed E-state index contributed by atoms with van der Waals surface area (Å²) >= 11 is 9.71. The standard InChI is InChI=1S/C31H35BrClN3O5S/c1-22(31(38)34-26-11-4-3-5-12-26)35(20-23-8-6-9-24(32)18-23)30(37)21-36(27-13-7-10-25(33)19-27)42(39,40)29-16-14-28(41-2)15-17-29/h6-10,13-19,22,26H,3-5,11-12,20-21H2,1-2H3,(H,34,38)/t22-/m1/s1. The van der Waals surface area contributed by atoms with Gasteiger partial charge in [-0.25, -0.2) is 8.42 Å². The molecular weight excluding hydrogens is 642 g/mol. The van der Waals surface area contributed by atoms with E-state index in [-0.39, 0.29) is 29.1 Å². The van der Waals surface area contributed by atoms with E-state index in [1.165, 1.54) is 30.2 Å². The van der Waals surface area contributed by atoms with Crippen LogP contribution in [0.5, 0.6) is 5.75 Å². The van der Waals surface area contributed by atoms with Crippen LogP contribution in [-0.4, -0.2) is 50.9 Å². The van der Waals surface area contributed by atoms with E-state index in [0.29, 0.717) is 10.8 Å². The van der Waals surface area contributed by atoms with E-state index in [0.717, 1.165) is 46.4 Å². The van der Waals surface area contributed by atoms with Gasteiger partial charge in [-0.3, -0.25) is 13.9 Å². The Hall–Kier alpha value is -3.08. The fraction of sp³-hybridized carbons (Fsp3) is 0.355. The number of sulfonamides is 1. The molecule has 1 saturated carbocycles. The molecule has 42 heavy (non-hydrogen) atoms. The Labute approximate surface area is 261 Å². The van der Waals surface area contributed by atoms with Crippen molar-refractivity contribution in [3.05, 3.63) is 87.9 Å². The number of amides is 2. The van der Waals surface area contributed by atoms with Crippen molar-refractivity contribution in [1.29, 1.82) is 0 Å². The summed E-state index contributed by atoms with van der Waals surface area (Å²) in [5.74, 6) is -0.298. The smallest absolute Gasteiger partial charge is 0.264 e. The predicted octanol–water partition coefficient (Wildman–Crippen LogP) is 6.17. The van der Waals surface area contributed by atoms with Crippen molar-refractivity contribution in [3.63, 3.8) is 0 Å². The van der Waals surface area contributed by atoms with Crippen molar-refractivity contribution >= 4 is 55.1 Å². The summed E-state index contributed by atoms with van der Waals surface area (Å²) in [5, 5.41) is 3.43. The molecule has 1 N–H and O–H groups in total. The predicted molar refractivity (Wildman–Crippen MR) is 168 cm³/mol. The highest BCUT2D eigenvalue weighted by atomic mass is 79.9. The van der Waals surface area contributed by atoms with Crippen LogP contribution in [0.3, 0.4) is 0 Å². The number of benzene rings is 3. The van der Waals surface area contributed by atoms with Crippen LogP contribution in [0.1, 0.15) is 44.6 Å². The van der Waals surface area contributed by atoms with Gasteiger partial charge in [0.1, 0.15) is 18.3 Å². The molecule has 0 aliphatic heterocycles. The lowest BCUT2D eigenvalue weighted by atomic mass is 9.95. The Balaban J connectivity index is 1.68. The minimum atomic E-state index is -4.21. The minimum absolute atomic E-state index is 0.0160. The molecule has 11 heteroatoms. The second-order valence-electron chi connectivity index (χ2n) is 10.3. The zero-order valence-corrected chi connectivity index (χ0v) is 26.8. The molecule has 0 spiro atoms. The number of hydrogen-bond acceptors (Lipinski definition) is 5. The number of rotatable bonds is 11. The Morgan fingerprint density at radius 2 is 1.71 bits per heavy atom. The summed E-state index contributed by atoms with van der Waals surface area (Å²) in [6, 6.07) is 18.9. The van der Waals surface area contributed by atoms with E-state index >= 15 is 0 Å². The quantitative estimate of drug-likeness (QED) is 0.262. The summed E-state index contributed by atoms with van der Waals surface area (Å²) in [7, 11) is -2.72. The maximum atomic E-state index is 14.1. The van der Waals surface area contributed by atoms with Gasteiger partial charge in [-0.2, -0.15) is 0 Å². The molecule has 0 heterocycles. The number of methoxy groups -OCH3 is 1. The molecule has 1 atom stereocenters. The number of halogens is 2. The van der Waals surface area contributed by atoms with E-state index in [9.17, 15) is 18.0 Å². The largest absolute Gasteiger partial charge is 0.497 e. The van der Waals surface area contributed by atoms with Gasteiger partial charge in [0.2, 0.25) is 11.8 Å². The zero-order valence-electron chi connectivity index (χ0n) is 23.6. The first kappa shape index (κ1) is 31.8. The molecule has 1 aliphatic rings. The molecule has 0 unspecified atom stereocenters. The second kappa shape index (κ2) is 14.4. The third-order valence-electron chi connectivity index (χ3n) is 7.38. The van der Waals surface area contributed by atoms with Crippen LogP contribution < -0.4 is 14.4 Å². The molecule has 1 aliphatic carbocycles. The lowest BCUT2D eigenvalue weighted by Gasteiger charge is -2.33. The van der Waals surface area contributed by atoms with Crippen LogP contribution in [0.15, 0.2) is 82.2 Å². The van der Waals surface area contributed by atoms with Crippen molar-refractivity contribution in [2.24, 2.45) is 0 Å². The third kappa shape index (κ3) is 8.05. The number of anilines is 1. The van der Waals surface area contributed by atoms with E-state index in [1.807, 2.05) is 24.3 Å². The number of carbonyl (C=O) groups is 2. The second-order valence-corrected chi connectivity index (χ2v) is 13.6. The monoisotopic (exact) mass is 675 g/mol. The summed E-state index contributed by atoms with van der Waals surface area (Å²) in [5.41, 5.74) is 1.02. The average Bonchev–Trinajstić information content (AvgIpc) is 2.98. The van der Waals surface area contributed by atoms with Gasteiger partial charge >= 0.3 is 0 Å². The lowest BCUT2D eigenvalue weighted by Crippen LogP contribution is -2.53. The van der Waals surface area contributed by atoms with Gasteiger partial charge in [0.25, 0.3) is 10.0 Å². The van der Waals surface area contributed by atoms with Gasteiger partial charge in [0.05, 0.1) is 17.7 Å². The van der Waals surface area contributed by atoms with Crippen molar-refractivity contribution in [2.75, 3.05) is 18.0 Å². The first-order valence-electron chi connectivity index (χ1n) is 13.8. The summed E-state index contributed by atoms with van der Waals surface area (Å²) < 4.78 is 35.0. The molecule has 0 bridgehead atoms. The number of nitrogens with zero attached hydrogens (tertiary/aromatic N) is 2. The maximum Gasteiger partial charge on any atom is 0.264 e. The van der Waals surface area contributed by atoms with E-state index in [2.05, 4.69) is 21.2 Å². The highest BCUT2D eigenvalue weighted by Crippen LogP contribution is 2.28. The summed E-state index contributed by atoms with van der Waals surface area (Å²) in [6.45, 7) is 1.25. The molecule has 3 aromatic carbocycles. The van der Waals surface area contributed by atoms with Crippen molar-refractivity contribution in [2.45, 2.75) is 62.6 Å². The summed E-state index contributed by atoms with van der Waals surface area (Å²) in [4.78, 5) is 28.9. The van der Waals surface area contributed by atoms with Crippen LogP contribution in [0, 0.1) is 0 Å². The van der Waals surface area contributed by atoms with Gasteiger partial charge in [0.15, 0.2) is 0 Å². The first-order valence-corrected chi connectivity index (χ1v) is 16.5. The highest BCUT2D eigenvalue weighted by Gasteiger charge is 2.33. The fourth-order valence-electron chi connectivity index (χ4n) is 5.02. The van der Waals surface area contributed by atoms with Crippen LogP contribution >= 0.6 is 27.5 Å². The number of carbonyl (C=O) groups excluding carboxylic acids is 2. The van der Waals surface area contributed by atoms with Gasteiger partial charge in [-0.05, 0) is 79.9 Å². The minimum Gasteiger partial charge on any atom is -0.497 e. The van der Waals surface area contributed by atoms with Crippen molar-refractivity contribution in [3.8, 4) is 5.75 Å². The third-order valence-corrected chi connectivity index (χ3v) is 9.90. The molecule has 224 valence electrons. The molecule has 0 saturated heterocycles. The van der Waals surface area contributed by atoms with E-state index < -0.39 is 28.5 Å². The first-order chi connectivity index (χ1) is 20.1. The molecule has 0 radical (unpaired) electrons. The lowest BCUT2D eigenvalue weighted by molar-refractivity contribution is -0.139. The van der Waals surface area contributed by atoms with Crippen LogP contribution in [0.2, 0.25) is 5.02 Å². The molecule has 4 rings (SSSR count). The topological polar surface area (TPSA) is 96.0 Å². The maximum absolute atomic E-state index is 14.1. The van der Waals surface area contributed by atoms with Crippen molar-refractivity contribution in [1.82, 2.24) is 10.2 Å². The fourth-order valence-corrected chi connectivity index (χ4v) is 7.06. The van der Waals surface area contributed by atoms with Gasteiger partial charge in [-0.1, -0.05) is 65.0 Å². The molecule has 2 amide bonds. The SMILES string of the molecule is COc1ccc(S(=O)(=O)N(CC(=O)N(Cc2cccc(Br)c2)[C@H](C)C(=O)NC2CCCCC2)c2cccc(Cl)c2)cc1. The Morgan fingerprint density at radius 1 is 1.02 bits per heavy atom. The molecule has 1 fully saturated rings. The number of nitrogens with one attached hydrogen (secondary N) is 1. The van der Waals surface area contributed by atoms with Gasteiger partial charge in [0, 0.05) is 22.1 Å². The number of ether oxygens (including phenoxy) is 1. The average molecular weight is 677 g/mol. The Kier molecular flexibility index (Phi) is 10.9. The molecule has 8 nitrogen and oxygen atoms in total. The van der Waals surface area contributed by atoms with Crippen LogP contribution in [0.4, 0.5) is 5.69 Å². The van der Waals surface area contributed by atoms with E-state index in [4.69, 9.17) is 16.3 Å². The highest BCUT2D eigenvalue weighted by molar-refractivity contribution is 9.10. The zero-order chi connectivity index (χ0) is 30.3. The normalized spacial score (nSPS) is 14.6. The van der Waals surface area contributed by atoms with Crippen LogP contribution in [0.25, 0.3) is 0 Å². The van der Waals surface area contributed by atoms with Gasteiger partial charge < -0.3 is 15.0 Å². The Bertz CT molecular complexity index is 1500. The summed E-state index contributed by atoms with van der Waals surface area (Å²) in [6.07, 6.45) is 5.06. The van der Waals surface area contributed by atoms with Crippen LogP contribution in [-0.2, 0) is 26.2 Å². The van der Waals surface area contributed by atoms with E-state index in [1.54, 1.807) is 37.3 Å². The molecular formula is C31H35BrClN3O5S. The van der Waals surface area contributed by atoms with Gasteiger partial charge in [-0.15, -0.1) is 0 Å². The Morgan fingerprint density at radius 3 is 2.36 bits per heavy atom.